The summed E-state index contributed by atoms with van der Waals surface area (Å²) in [6, 6.07) is 7.92. The number of hydrogen-bond acceptors (Lipinski definition) is 8. The number of aliphatic carboxylic acids is 1. The van der Waals surface area contributed by atoms with E-state index >= 15 is 0 Å². The summed E-state index contributed by atoms with van der Waals surface area (Å²) in [5.41, 5.74) is 1.23. The molecule has 4 rings (SSSR count). The van der Waals surface area contributed by atoms with Crippen LogP contribution in [0, 0.1) is 5.82 Å². The maximum Gasteiger partial charge on any atom is 0.303 e. The predicted octanol–water partition coefficient (Wildman–Crippen LogP) is 3.95. The van der Waals surface area contributed by atoms with Crippen LogP contribution in [0.4, 0.5) is 15.9 Å². The fourth-order valence-corrected chi connectivity index (χ4v) is 4.39. The molecule has 1 aromatic heterocycles. The van der Waals surface area contributed by atoms with Crippen molar-refractivity contribution in [2.45, 2.75) is 19.3 Å². The first kappa shape index (κ1) is 27.3. The zero-order valence-electron chi connectivity index (χ0n) is 21.0. The molecule has 0 aliphatic carbocycles. The smallest absolute Gasteiger partial charge is 0.303 e. The number of carbonyl (C=O) groups excluding carboxylic acids is 1. The average molecular weight is 546 g/mol. The molecule has 2 aromatic carbocycles. The highest BCUT2D eigenvalue weighted by Crippen LogP contribution is 2.35. The van der Waals surface area contributed by atoms with Gasteiger partial charge in [0.1, 0.15) is 18.0 Å². The Labute approximate surface area is 224 Å². The number of carboxylic acids is 1. The number of ether oxygens (including phenoxy) is 2. The zero-order valence-corrected chi connectivity index (χ0v) is 21.7. The molecule has 38 heavy (non-hydrogen) atoms. The molecule has 1 amide bonds. The first-order chi connectivity index (χ1) is 18.3. The standard InChI is InChI=1S/C26H29ClFN5O5/c1-37-22-15-21-18(26(30-16-29-21)31-17-3-4-20(28)19(27)13-17)14-23(22)38-12-2-7-32-8-10-33(11-9-32)24(34)5-6-25(35)36/h3-4,13-16H,2,5-12H2,1H3,(H,35,36)(H,29,30,31). The van der Waals surface area contributed by atoms with Gasteiger partial charge in [-0.2, -0.15) is 0 Å². The third-order valence-corrected chi connectivity index (χ3v) is 6.55. The predicted molar refractivity (Wildman–Crippen MR) is 141 cm³/mol. The Bertz CT molecular complexity index is 1300. The van der Waals surface area contributed by atoms with Gasteiger partial charge >= 0.3 is 5.97 Å². The number of halogens is 2. The zero-order chi connectivity index (χ0) is 27.1. The van der Waals surface area contributed by atoms with Crippen LogP contribution in [0.5, 0.6) is 11.5 Å². The topological polar surface area (TPSA) is 117 Å². The molecule has 0 atom stereocenters. The minimum Gasteiger partial charge on any atom is -0.493 e. The third kappa shape index (κ3) is 6.99. The summed E-state index contributed by atoms with van der Waals surface area (Å²) in [7, 11) is 1.56. The number of piperazine rings is 1. The number of nitrogens with zero attached hydrogens (tertiary/aromatic N) is 4. The number of anilines is 2. The van der Waals surface area contributed by atoms with Gasteiger partial charge in [-0.15, -0.1) is 0 Å². The fraction of sp³-hybridized carbons (Fsp3) is 0.385. The molecule has 0 bridgehead atoms. The van der Waals surface area contributed by atoms with Gasteiger partial charge in [-0.05, 0) is 30.7 Å². The van der Waals surface area contributed by atoms with E-state index in [2.05, 4.69) is 20.2 Å². The Kier molecular flexibility index (Phi) is 9.14. The van der Waals surface area contributed by atoms with Crippen LogP contribution in [0.2, 0.25) is 5.02 Å². The molecular formula is C26H29ClFN5O5. The molecule has 1 fully saturated rings. The summed E-state index contributed by atoms with van der Waals surface area (Å²) in [5.74, 6) is 0.0264. The lowest BCUT2D eigenvalue weighted by Crippen LogP contribution is -2.49. The second-order valence-electron chi connectivity index (χ2n) is 8.81. The number of rotatable bonds is 11. The largest absolute Gasteiger partial charge is 0.493 e. The highest BCUT2D eigenvalue weighted by Gasteiger charge is 2.21. The summed E-state index contributed by atoms with van der Waals surface area (Å²) in [6.07, 6.45) is 2.09. The molecule has 1 aliphatic rings. The Morgan fingerprint density at radius 2 is 1.89 bits per heavy atom. The second-order valence-corrected chi connectivity index (χ2v) is 9.22. The van der Waals surface area contributed by atoms with Gasteiger partial charge in [-0.25, -0.2) is 14.4 Å². The van der Waals surface area contributed by atoms with E-state index in [1.807, 2.05) is 6.07 Å². The summed E-state index contributed by atoms with van der Waals surface area (Å²) < 4.78 is 25.1. The lowest BCUT2D eigenvalue weighted by molar-refractivity contribution is -0.141. The van der Waals surface area contributed by atoms with Gasteiger partial charge in [-0.3, -0.25) is 14.5 Å². The van der Waals surface area contributed by atoms with Crippen molar-refractivity contribution in [1.29, 1.82) is 0 Å². The lowest BCUT2D eigenvalue weighted by Gasteiger charge is -2.34. The first-order valence-corrected chi connectivity index (χ1v) is 12.6. The Balaban J connectivity index is 1.34. The van der Waals surface area contributed by atoms with Crippen molar-refractivity contribution in [1.82, 2.24) is 19.8 Å². The van der Waals surface area contributed by atoms with Crippen LogP contribution in [0.15, 0.2) is 36.7 Å². The van der Waals surface area contributed by atoms with Crippen LogP contribution in [-0.2, 0) is 9.59 Å². The number of carbonyl (C=O) groups is 2. The van der Waals surface area contributed by atoms with E-state index in [1.54, 1.807) is 24.1 Å². The Hall–Kier alpha value is -3.70. The van der Waals surface area contributed by atoms with Gasteiger partial charge in [0.05, 0.1) is 30.7 Å². The highest BCUT2D eigenvalue weighted by molar-refractivity contribution is 6.31. The number of aromatic nitrogens is 2. The molecule has 202 valence electrons. The summed E-state index contributed by atoms with van der Waals surface area (Å²) >= 11 is 5.91. The molecule has 1 aliphatic heterocycles. The van der Waals surface area contributed by atoms with Crippen LogP contribution in [0.1, 0.15) is 19.3 Å². The van der Waals surface area contributed by atoms with Gasteiger partial charge in [0.25, 0.3) is 0 Å². The summed E-state index contributed by atoms with van der Waals surface area (Å²) in [4.78, 5) is 35.4. The number of hydrogen-bond donors (Lipinski definition) is 2. The van der Waals surface area contributed by atoms with E-state index in [1.165, 1.54) is 18.5 Å². The molecule has 1 saturated heterocycles. The van der Waals surface area contributed by atoms with E-state index in [9.17, 15) is 14.0 Å². The minimum atomic E-state index is -0.960. The number of methoxy groups -OCH3 is 1. The average Bonchev–Trinajstić information content (AvgIpc) is 2.92. The molecule has 2 heterocycles. The lowest BCUT2D eigenvalue weighted by atomic mass is 10.2. The minimum absolute atomic E-state index is 0.00486. The SMILES string of the molecule is COc1cc2ncnc(Nc3ccc(F)c(Cl)c3)c2cc1OCCCN1CCN(C(=O)CCC(=O)O)CC1. The number of fused-ring (bicyclic) bond motifs is 1. The maximum absolute atomic E-state index is 13.5. The van der Waals surface area contributed by atoms with Crippen molar-refractivity contribution in [3.63, 3.8) is 0 Å². The van der Waals surface area contributed by atoms with Crippen LogP contribution in [-0.4, -0.2) is 83.2 Å². The van der Waals surface area contributed by atoms with Crippen molar-refractivity contribution >= 4 is 45.9 Å². The molecule has 2 N–H and O–H groups in total. The summed E-state index contributed by atoms with van der Waals surface area (Å²) in [6.45, 7) is 3.90. The quantitative estimate of drug-likeness (QED) is 0.345. The third-order valence-electron chi connectivity index (χ3n) is 6.26. The maximum atomic E-state index is 13.5. The number of nitrogens with one attached hydrogen (secondary N) is 1. The highest BCUT2D eigenvalue weighted by atomic mass is 35.5. The van der Waals surface area contributed by atoms with Crippen molar-refractivity contribution in [3.8, 4) is 11.5 Å². The molecule has 10 nitrogen and oxygen atoms in total. The molecule has 12 heteroatoms. The van der Waals surface area contributed by atoms with Crippen LogP contribution in [0.3, 0.4) is 0 Å². The van der Waals surface area contributed by atoms with E-state index in [0.717, 1.165) is 26.1 Å². The van der Waals surface area contributed by atoms with Crippen molar-refractivity contribution in [2.24, 2.45) is 0 Å². The molecule has 0 saturated carbocycles. The molecule has 0 radical (unpaired) electrons. The number of carboxylic acid groups (broad SMARTS) is 1. The van der Waals surface area contributed by atoms with Crippen LogP contribution < -0.4 is 14.8 Å². The normalized spacial score (nSPS) is 13.9. The second kappa shape index (κ2) is 12.7. The molecule has 3 aromatic rings. The Morgan fingerprint density at radius 1 is 1.11 bits per heavy atom. The molecular weight excluding hydrogens is 517 g/mol. The van der Waals surface area contributed by atoms with Crippen LogP contribution in [0.25, 0.3) is 10.9 Å². The van der Waals surface area contributed by atoms with Gasteiger partial charge < -0.3 is 24.8 Å². The van der Waals surface area contributed by atoms with Crippen LogP contribution >= 0.6 is 11.6 Å². The van der Waals surface area contributed by atoms with E-state index in [0.29, 0.717) is 53.6 Å². The van der Waals surface area contributed by atoms with Gasteiger partial charge in [-0.1, -0.05) is 11.6 Å². The van der Waals surface area contributed by atoms with E-state index in [4.69, 9.17) is 26.2 Å². The van der Waals surface area contributed by atoms with Gasteiger partial charge in [0, 0.05) is 56.3 Å². The number of benzene rings is 2. The van der Waals surface area contributed by atoms with Crippen molar-refractivity contribution < 1.29 is 28.6 Å². The monoisotopic (exact) mass is 545 g/mol. The molecule has 0 spiro atoms. The van der Waals surface area contributed by atoms with Gasteiger partial charge in [0.15, 0.2) is 11.5 Å². The van der Waals surface area contributed by atoms with E-state index in [-0.39, 0.29) is 23.8 Å². The summed E-state index contributed by atoms with van der Waals surface area (Å²) in [5, 5.41) is 12.6. The van der Waals surface area contributed by atoms with Crippen molar-refractivity contribution in [2.75, 3.05) is 51.8 Å². The first-order valence-electron chi connectivity index (χ1n) is 12.2. The molecule has 0 unspecified atom stereocenters. The van der Waals surface area contributed by atoms with Crippen molar-refractivity contribution in [3.05, 3.63) is 47.5 Å². The Morgan fingerprint density at radius 3 is 2.61 bits per heavy atom. The fourth-order valence-electron chi connectivity index (χ4n) is 4.21. The van der Waals surface area contributed by atoms with Gasteiger partial charge in [0.2, 0.25) is 5.91 Å². The number of amides is 1. The van der Waals surface area contributed by atoms with E-state index < -0.39 is 11.8 Å².